The van der Waals surface area contributed by atoms with Crippen molar-refractivity contribution in [3.8, 4) is 0 Å². The van der Waals surface area contributed by atoms with Crippen LogP contribution >= 0.6 is 0 Å². The van der Waals surface area contributed by atoms with Crippen molar-refractivity contribution in [2.75, 3.05) is 6.54 Å². The topological polar surface area (TPSA) is 102 Å². The van der Waals surface area contributed by atoms with Crippen molar-refractivity contribution in [3.05, 3.63) is 29.3 Å². The molecule has 0 unspecified atom stereocenters. The summed E-state index contributed by atoms with van der Waals surface area (Å²) in [5.41, 5.74) is 1.82. The maximum absolute atomic E-state index is 12.4. The zero-order chi connectivity index (χ0) is 21.8. The Morgan fingerprint density at radius 2 is 1.86 bits per heavy atom. The van der Waals surface area contributed by atoms with E-state index in [0.29, 0.717) is 11.8 Å². The summed E-state index contributed by atoms with van der Waals surface area (Å²) < 4.78 is 32.0. The number of benzene rings is 1. The molecule has 0 aliphatic heterocycles. The molecule has 1 aromatic rings. The van der Waals surface area contributed by atoms with Crippen LogP contribution in [-0.4, -0.2) is 39.0 Å². The van der Waals surface area contributed by atoms with Crippen LogP contribution in [0.2, 0.25) is 0 Å². The Hall–Kier alpha value is -1.93. The van der Waals surface area contributed by atoms with Gasteiger partial charge in [-0.15, -0.1) is 0 Å². The van der Waals surface area contributed by atoms with Gasteiger partial charge in [0.1, 0.15) is 6.54 Å². The van der Waals surface area contributed by atoms with Gasteiger partial charge in [0.25, 0.3) is 5.91 Å². The van der Waals surface area contributed by atoms with Gasteiger partial charge in [0.2, 0.25) is 10.0 Å². The SMILES string of the molecule is Cc1ccc(S(=O)(=O)NCC(=O)O[C@H](C)C(=O)N[C@@H]2CCC[C@@H](C)[C@@H]2C)cc1C. The largest absolute Gasteiger partial charge is 0.452 e. The first-order valence-electron chi connectivity index (χ1n) is 10.1. The average molecular weight is 425 g/mol. The number of hydrogen-bond donors (Lipinski definition) is 2. The first-order valence-corrected chi connectivity index (χ1v) is 11.6. The fourth-order valence-corrected chi connectivity index (χ4v) is 4.55. The number of hydrogen-bond acceptors (Lipinski definition) is 5. The highest BCUT2D eigenvalue weighted by molar-refractivity contribution is 7.89. The standard InChI is InChI=1S/C21H32N2O5S/c1-13-9-10-18(11-15(13)3)29(26,27)22-12-20(24)28-17(5)21(25)23-19-8-6-7-14(2)16(19)4/h9-11,14,16-17,19,22H,6-8,12H2,1-5H3,(H,23,25)/t14-,16+,17-,19-/m1/s1. The van der Waals surface area contributed by atoms with Crippen molar-refractivity contribution in [1.82, 2.24) is 10.0 Å². The summed E-state index contributed by atoms with van der Waals surface area (Å²) in [7, 11) is -3.84. The first-order chi connectivity index (χ1) is 13.5. The molecule has 1 fully saturated rings. The molecule has 1 aromatic carbocycles. The molecule has 0 spiro atoms. The van der Waals surface area contributed by atoms with Crippen LogP contribution in [0.25, 0.3) is 0 Å². The minimum absolute atomic E-state index is 0.0654. The molecule has 0 bridgehead atoms. The third-order valence-electron chi connectivity index (χ3n) is 5.91. The van der Waals surface area contributed by atoms with Crippen molar-refractivity contribution in [3.63, 3.8) is 0 Å². The monoisotopic (exact) mass is 424 g/mol. The summed E-state index contributed by atoms with van der Waals surface area (Å²) in [4.78, 5) is 24.5. The molecule has 8 heteroatoms. The fraction of sp³-hybridized carbons (Fsp3) is 0.619. The van der Waals surface area contributed by atoms with Gasteiger partial charge in [-0.05, 0) is 62.3 Å². The van der Waals surface area contributed by atoms with Crippen molar-refractivity contribution < 1.29 is 22.7 Å². The maximum Gasteiger partial charge on any atom is 0.321 e. The molecule has 29 heavy (non-hydrogen) atoms. The lowest BCUT2D eigenvalue weighted by Gasteiger charge is -2.35. The predicted molar refractivity (Wildman–Crippen MR) is 111 cm³/mol. The number of aryl methyl sites for hydroxylation is 2. The zero-order valence-electron chi connectivity index (χ0n) is 17.8. The quantitative estimate of drug-likeness (QED) is 0.655. The summed E-state index contributed by atoms with van der Waals surface area (Å²) in [5, 5.41) is 2.96. The molecule has 1 aliphatic carbocycles. The molecule has 2 N–H and O–H groups in total. The van der Waals surface area contributed by atoms with Gasteiger partial charge in [0, 0.05) is 6.04 Å². The van der Waals surface area contributed by atoms with Crippen LogP contribution < -0.4 is 10.0 Å². The molecule has 7 nitrogen and oxygen atoms in total. The van der Waals surface area contributed by atoms with Gasteiger partial charge in [-0.2, -0.15) is 4.72 Å². The van der Waals surface area contributed by atoms with Gasteiger partial charge >= 0.3 is 5.97 Å². The summed E-state index contributed by atoms with van der Waals surface area (Å²) in [6.45, 7) is 8.95. The minimum Gasteiger partial charge on any atom is -0.452 e. The van der Waals surface area contributed by atoms with Crippen molar-refractivity contribution >= 4 is 21.9 Å². The Balaban J connectivity index is 1.86. The lowest BCUT2D eigenvalue weighted by Crippen LogP contribution is -2.48. The second-order valence-corrected chi connectivity index (χ2v) is 9.85. The highest BCUT2D eigenvalue weighted by Crippen LogP contribution is 2.29. The van der Waals surface area contributed by atoms with Gasteiger partial charge in [0.15, 0.2) is 6.10 Å². The molecule has 0 heterocycles. The number of carbonyl (C=O) groups is 2. The van der Waals surface area contributed by atoms with E-state index in [4.69, 9.17) is 4.74 Å². The Labute approximate surface area is 173 Å². The third-order valence-corrected chi connectivity index (χ3v) is 7.31. The Kier molecular flexibility index (Phi) is 7.82. The molecule has 2 rings (SSSR count). The van der Waals surface area contributed by atoms with Crippen LogP contribution in [0.3, 0.4) is 0 Å². The van der Waals surface area contributed by atoms with E-state index in [-0.39, 0.29) is 16.8 Å². The van der Waals surface area contributed by atoms with Gasteiger partial charge in [-0.3, -0.25) is 9.59 Å². The van der Waals surface area contributed by atoms with Gasteiger partial charge < -0.3 is 10.1 Å². The summed E-state index contributed by atoms with van der Waals surface area (Å²) in [5.74, 6) is -0.265. The van der Waals surface area contributed by atoms with E-state index in [1.807, 2.05) is 13.8 Å². The van der Waals surface area contributed by atoms with Gasteiger partial charge in [-0.1, -0.05) is 32.8 Å². The summed E-state index contributed by atoms with van der Waals surface area (Å²) in [6.07, 6.45) is 2.13. The zero-order valence-corrected chi connectivity index (χ0v) is 18.6. The molecular formula is C21H32N2O5S. The van der Waals surface area contributed by atoms with Crippen LogP contribution in [-0.2, 0) is 24.3 Å². The highest BCUT2D eigenvalue weighted by atomic mass is 32.2. The normalized spacial score (nSPS) is 23.3. The van der Waals surface area contributed by atoms with Crippen LogP contribution in [0, 0.1) is 25.7 Å². The summed E-state index contributed by atoms with van der Waals surface area (Å²) in [6, 6.07) is 4.81. The molecule has 162 valence electrons. The Bertz CT molecular complexity index is 853. The minimum atomic E-state index is -3.84. The molecular weight excluding hydrogens is 392 g/mol. The summed E-state index contributed by atoms with van der Waals surface area (Å²) >= 11 is 0. The van der Waals surface area contributed by atoms with E-state index in [1.54, 1.807) is 12.1 Å². The van der Waals surface area contributed by atoms with Crippen molar-refractivity contribution in [2.45, 2.75) is 70.9 Å². The smallest absolute Gasteiger partial charge is 0.321 e. The van der Waals surface area contributed by atoms with E-state index in [0.717, 1.165) is 30.4 Å². The van der Waals surface area contributed by atoms with Crippen LogP contribution in [0.4, 0.5) is 0 Å². The first kappa shape index (κ1) is 23.3. The maximum atomic E-state index is 12.4. The van der Waals surface area contributed by atoms with E-state index in [1.165, 1.54) is 13.0 Å². The molecule has 0 aromatic heterocycles. The Morgan fingerprint density at radius 3 is 2.52 bits per heavy atom. The van der Waals surface area contributed by atoms with E-state index in [9.17, 15) is 18.0 Å². The number of carbonyl (C=O) groups excluding carboxylic acids is 2. The second kappa shape index (κ2) is 9.71. The van der Waals surface area contributed by atoms with E-state index >= 15 is 0 Å². The molecule has 1 saturated carbocycles. The number of ether oxygens (including phenoxy) is 1. The Morgan fingerprint density at radius 1 is 1.17 bits per heavy atom. The lowest BCUT2D eigenvalue weighted by molar-refractivity contribution is -0.154. The van der Waals surface area contributed by atoms with Gasteiger partial charge in [0.05, 0.1) is 4.90 Å². The van der Waals surface area contributed by atoms with Crippen LogP contribution in [0.15, 0.2) is 23.1 Å². The predicted octanol–water partition coefficient (Wildman–Crippen LogP) is 2.45. The molecule has 0 radical (unpaired) electrons. The molecule has 1 aliphatic rings. The molecule has 1 amide bonds. The number of esters is 1. The highest BCUT2D eigenvalue weighted by Gasteiger charge is 2.30. The number of amides is 1. The van der Waals surface area contributed by atoms with Crippen LogP contribution in [0.1, 0.15) is 51.2 Å². The average Bonchev–Trinajstić information content (AvgIpc) is 2.66. The number of sulfonamides is 1. The third kappa shape index (κ3) is 6.27. The number of nitrogens with one attached hydrogen (secondary N) is 2. The van der Waals surface area contributed by atoms with Gasteiger partial charge in [-0.25, -0.2) is 8.42 Å². The van der Waals surface area contributed by atoms with E-state index < -0.39 is 28.6 Å². The fourth-order valence-electron chi connectivity index (χ4n) is 3.50. The number of rotatable bonds is 7. The lowest BCUT2D eigenvalue weighted by atomic mass is 9.78. The van der Waals surface area contributed by atoms with Crippen LogP contribution in [0.5, 0.6) is 0 Å². The van der Waals surface area contributed by atoms with Crippen molar-refractivity contribution in [2.24, 2.45) is 11.8 Å². The van der Waals surface area contributed by atoms with Crippen molar-refractivity contribution in [1.29, 1.82) is 0 Å². The van der Waals surface area contributed by atoms with E-state index in [2.05, 4.69) is 23.9 Å². The molecule has 4 atom stereocenters. The second-order valence-electron chi connectivity index (χ2n) is 8.09. The molecule has 0 saturated heterocycles.